The lowest BCUT2D eigenvalue weighted by molar-refractivity contribution is -0.213. The minimum absolute atomic E-state index is 0.0263. The summed E-state index contributed by atoms with van der Waals surface area (Å²) in [5.74, 6) is 0.648. The Morgan fingerprint density at radius 2 is 1.74 bits per heavy atom. The fraction of sp³-hybridized carbons (Fsp3) is 1.00. The smallest absolute Gasteiger partial charge is 0.0942 e. The van der Waals surface area contributed by atoms with Crippen LogP contribution in [0.4, 0.5) is 0 Å². The average molecular weight is 266 g/mol. The van der Waals surface area contributed by atoms with Crippen LogP contribution in [0.25, 0.3) is 0 Å². The van der Waals surface area contributed by atoms with Gasteiger partial charge in [0.2, 0.25) is 0 Å². The van der Waals surface area contributed by atoms with Crippen molar-refractivity contribution in [3.05, 3.63) is 0 Å². The van der Waals surface area contributed by atoms with Crippen LogP contribution in [0.1, 0.15) is 38.5 Å². The van der Waals surface area contributed by atoms with Crippen molar-refractivity contribution in [1.82, 2.24) is 0 Å². The van der Waals surface area contributed by atoms with Crippen LogP contribution in [0.5, 0.6) is 0 Å². The van der Waals surface area contributed by atoms with Gasteiger partial charge < -0.3 is 18.9 Å². The molecule has 0 aromatic heterocycles. The van der Waals surface area contributed by atoms with E-state index in [1.165, 1.54) is 19.3 Å². The van der Waals surface area contributed by atoms with E-state index in [1.54, 1.807) is 0 Å². The molecule has 5 aliphatic rings. The van der Waals surface area contributed by atoms with Crippen LogP contribution in [0, 0.1) is 5.92 Å². The number of rotatable bonds is 1. The standard InChI is InChI=1S/C15H22O4/c1-2-10-12(18-10)5-9(1)14-7-17-15(8-16-14)4-3-11-13(6-15)19-11/h9-14H,1-8H2. The molecule has 4 heteroatoms. The highest BCUT2D eigenvalue weighted by atomic mass is 16.6. The van der Waals surface area contributed by atoms with Gasteiger partial charge in [0, 0.05) is 6.42 Å². The SMILES string of the molecule is C1CC2OC2CC1C1COC2(CCC3OC3C2)CO1. The second-order valence-electron chi connectivity index (χ2n) is 7.09. The average Bonchev–Trinajstić information content (AvgIpc) is 3.33. The maximum Gasteiger partial charge on any atom is 0.0942 e. The molecule has 3 aliphatic heterocycles. The molecule has 0 N–H and O–H groups in total. The summed E-state index contributed by atoms with van der Waals surface area (Å²) in [7, 11) is 0. The Morgan fingerprint density at radius 1 is 0.842 bits per heavy atom. The fourth-order valence-corrected chi connectivity index (χ4v) is 4.40. The van der Waals surface area contributed by atoms with Gasteiger partial charge >= 0.3 is 0 Å². The summed E-state index contributed by atoms with van der Waals surface area (Å²) in [5.41, 5.74) is -0.0263. The van der Waals surface area contributed by atoms with Crippen molar-refractivity contribution in [2.45, 2.75) is 74.6 Å². The highest BCUT2D eigenvalue weighted by molar-refractivity contribution is 5.02. The van der Waals surface area contributed by atoms with Crippen LogP contribution >= 0.6 is 0 Å². The van der Waals surface area contributed by atoms with E-state index in [0.717, 1.165) is 32.5 Å². The highest BCUT2D eigenvalue weighted by Gasteiger charge is 2.54. The van der Waals surface area contributed by atoms with Crippen LogP contribution < -0.4 is 0 Å². The third kappa shape index (κ3) is 1.96. The van der Waals surface area contributed by atoms with E-state index in [9.17, 15) is 0 Å². The van der Waals surface area contributed by atoms with E-state index in [4.69, 9.17) is 18.9 Å². The summed E-state index contributed by atoms with van der Waals surface area (Å²) in [6.45, 7) is 1.55. The molecule has 7 unspecified atom stereocenters. The zero-order valence-electron chi connectivity index (χ0n) is 11.3. The van der Waals surface area contributed by atoms with Gasteiger partial charge in [-0.25, -0.2) is 0 Å². The second-order valence-corrected chi connectivity index (χ2v) is 7.09. The van der Waals surface area contributed by atoms with E-state index in [-0.39, 0.29) is 5.60 Å². The van der Waals surface area contributed by atoms with Crippen molar-refractivity contribution in [3.8, 4) is 0 Å². The quantitative estimate of drug-likeness (QED) is 0.677. The maximum atomic E-state index is 6.27. The molecule has 2 saturated carbocycles. The molecule has 0 aromatic rings. The van der Waals surface area contributed by atoms with Gasteiger partial charge in [0.25, 0.3) is 0 Å². The van der Waals surface area contributed by atoms with Crippen LogP contribution in [-0.2, 0) is 18.9 Å². The van der Waals surface area contributed by atoms with Gasteiger partial charge in [-0.3, -0.25) is 0 Å². The van der Waals surface area contributed by atoms with Gasteiger partial charge in [0.1, 0.15) is 0 Å². The molecule has 0 bridgehead atoms. The van der Waals surface area contributed by atoms with Gasteiger partial charge in [-0.05, 0) is 38.0 Å². The first-order valence-electron chi connectivity index (χ1n) is 7.88. The summed E-state index contributed by atoms with van der Waals surface area (Å²) in [6.07, 6.45) is 9.37. The lowest BCUT2D eigenvalue weighted by Crippen LogP contribution is -2.51. The first-order chi connectivity index (χ1) is 9.31. The predicted octanol–water partition coefficient (Wildman–Crippen LogP) is 1.66. The maximum absolute atomic E-state index is 6.27. The molecule has 5 fully saturated rings. The third-order valence-corrected chi connectivity index (χ3v) is 5.83. The minimum Gasteiger partial charge on any atom is -0.373 e. The largest absolute Gasteiger partial charge is 0.373 e. The Labute approximate surface area is 113 Å². The normalized spacial score (nSPS) is 59.4. The van der Waals surface area contributed by atoms with Gasteiger partial charge in [-0.15, -0.1) is 0 Å². The van der Waals surface area contributed by atoms with Crippen molar-refractivity contribution in [3.63, 3.8) is 0 Å². The number of fused-ring (bicyclic) bond motifs is 2. The highest BCUT2D eigenvalue weighted by Crippen LogP contribution is 2.47. The van der Waals surface area contributed by atoms with Crippen molar-refractivity contribution in [2.75, 3.05) is 13.2 Å². The van der Waals surface area contributed by atoms with Gasteiger partial charge in [-0.1, -0.05) is 0 Å². The molecular weight excluding hydrogens is 244 g/mol. The lowest BCUT2D eigenvalue weighted by atomic mass is 9.82. The molecule has 0 aromatic carbocycles. The predicted molar refractivity (Wildman–Crippen MR) is 66.9 cm³/mol. The molecule has 106 valence electrons. The minimum atomic E-state index is -0.0263. The molecule has 2 aliphatic carbocycles. The first kappa shape index (κ1) is 11.5. The third-order valence-electron chi connectivity index (χ3n) is 5.83. The number of hydrogen-bond donors (Lipinski definition) is 0. The van der Waals surface area contributed by atoms with Crippen molar-refractivity contribution in [1.29, 1.82) is 0 Å². The zero-order valence-corrected chi connectivity index (χ0v) is 11.3. The van der Waals surface area contributed by atoms with E-state index in [0.29, 0.717) is 36.4 Å². The van der Waals surface area contributed by atoms with Gasteiger partial charge in [-0.2, -0.15) is 0 Å². The van der Waals surface area contributed by atoms with E-state index >= 15 is 0 Å². The first-order valence-corrected chi connectivity index (χ1v) is 7.88. The summed E-state index contributed by atoms with van der Waals surface area (Å²) >= 11 is 0. The van der Waals surface area contributed by atoms with Gasteiger partial charge in [0.05, 0.1) is 49.3 Å². The summed E-state index contributed by atoms with van der Waals surface area (Å²) in [4.78, 5) is 0. The summed E-state index contributed by atoms with van der Waals surface area (Å²) < 4.78 is 23.7. The van der Waals surface area contributed by atoms with Crippen LogP contribution in [0.15, 0.2) is 0 Å². The Bertz CT molecular complexity index is 376. The van der Waals surface area contributed by atoms with Crippen molar-refractivity contribution in [2.24, 2.45) is 5.92 Å². The topological polar surface area (TPSA) is 43.5 Å². The Hall–Kier alpha value is -0.160. The molecule has 5 rings (SSSR count). The van der Waals surface area contributed by atoms with E-state index in [2.05, 4.69) is 0 Å². The Kier molecular flexibility index (Phi) is 2.38. The van der Waals surface area contributed by atoms with Crippen LogP contribution in [0.3, 0.4) is 0 Å². The lowest BCUT2D eigenvalue weighted by Gasteiger charge is -2.43. The molecule has 19 heavy (non-hydrogen) atoms. The monoisotopic (exact) mass is 266 g/mol. The Morgan fingerprint density at radius 3 is 2.53 bits per heavy atom. The molecule has 1 spiro atoms. The van der Waals surface area contributed by atoms with Crippen molar-refractivity contribution >= 4 is 0 Å². The zero-order chi connectivity index (χ0) is 12.4. The van der Waals surface area contributed by atoms with E-state index in [1.807, 2.05) is 0 Å². The summed E-state index contributed by atoms with van der Waals surface area (Å²) in [5, 5.41) is 0. The molecule has 0 radical (unpaired) electrons. The van der Waals surface area contributed by atoms with E-state index < -0.39 is 0 Å². The molecule has 0 amide bonds. The molecular formula is C15H22O4. The van der Waals surface area contributed by atoms with Crippen molar-refractivity contribution < 1.29 is 18.9 Å². The number of hydrogen-bond acceptors (Lipinski definition) is 4. The molecule has 7 atom stereocenters. The van der Waals surface area contributed by atoms with Crippen LogP contribution in [-0.4, -0.2) is 49.3 Å². The fourth-order valence-electron chi connectivity index (χ4n) is 4.40. The van der Waals surface area contributed by atoms with Crippen LogP contribution in [0.2, 0.25) is 0 Å². The summed E-state index contributed by atoms with van der Waals surface area (Å²) in [6, 6.07) is 0. The molecule has 3 saturated heterocycles. The molecule has 4 nitrogen and oxygen atoms in total. The number of epoxide rings is 2. The second kappa shape index (κ2) is 3.94. The molecule has 3 heterocycles. The Balaban J connectivity index is 1.21. The number of ether oxygens (including phenoxy) is 4. The van der Waals surface area contributed by atoms with Gasteiger partial charge in [0.15, 0.2) is 0 Å².